The molecule has 0 saturated heterocycles. The summed E-state index contributed by atoms with van der Waals surface area (Å²) in [7, 11) is 0. The molecule has 0 fully saturated rings. The van der Waals surface area contributed by atoms with Gasteiger partial charge in [-0.1, -0.05) is 27.5 Å². The Morgan fingerprint density at radius 1 is 1.50 bits per heavy atom. The highest BCUT2D eigenvalue weighted by atomic mass is 79.9. The van der Waals surface area contributed by atoms with Crippen LogP contribution in [0.15, 0.2) is 21.0 Å². The molecule has 0 bridgehead atoms. The van der Waals surface area contributed by atoms with Crippen LogP contribution in [0.1, 0.15) is 5.89 Å². The van der Waals surface area contributed by atoms with E-state index in [1.54, 1.807) is 6.07 Å². The highest BCUT2D eigenvalue weighted by Crippen LogP contribution is 2.28. The van der Waals surface area contributed by atoms with Crippen molar-refractivity contribution < 1.29 is 4.42 Å². The zero-order valence-electron chi connectivity index (χ0n) is 7.26. The lowest BCUT2D eigenvalue weighted by Gasteiger charge is -1.91. The molecular formula is C9H8BrClN2O. The standard InChI is InChI=1S/C9H8BrClN2O/c10-5-3-6(11)9-7(4-5)13-8(14-9)1-2-12/h3-4H,1-2,12H2. The van der Waals surface area contributed by atoms with Gasteiger partial charge in [0.1, 0.15) is 5.52 Å². The summed E-state index contributed by atoms with van der Waals surface area (Å²) in [5.41, 5.74) is 6.79. The highest BCUT2D eigenvalue weighted by molar-refractivity contribution is 9.10. The number of halogens is 2. The van der Waals surface area contributed by atoms with E-state index in [0.717, 1.165) is 9.99 Å². The second-order valence-electron chi connectivity index (χ2n) is 2.88. The maximum Gasteiger partial charge on any atom is 0.196 e. The Kier molecular flexibility index (Phi) is 2.76. The van der Waals surface area contributed by atoms with E-state index in [0.29, 0.717) is 29.5 Å². The van der Waals surface area contributed by atoms with Crippen LogP contribution in [0.5, 0.6) is 0 Å². The van der Waals surface area contributed by atoms with E-state index in [1.807, 2.05) is 6.07 Å². The Labute approximate surface area is 94.4 Å². The molecule has 0 spiro atoms. The van der Waals surface area contributed by atoms with Crippen molar-refractivity contribution in [2.75, 3.05) is 6.54 Å². The first-order chi connectivity index (χ1) is 6.70. The summed E-state index contributed by atoms with van der Waals surface area (Å²) in [6.07, 6.45) is 0.628. The molecule has 1 aromatic heterocycles. The molecule has 5 heteroatoms. The van der Waals surface area contributed by atoms with E-state index < -0.39 is 0 Å². The maximum absolute atomic E-state index is 5.98. The number of hydrogen-bond acceptors (Lipinski definition) is 3. The smallest absolute Gasteiger partial charge is 0.196 e. The van der Waals surface area contributed by atoms with Gasteiger partial charge in [-0.15, -0.1) is 0 Å². The summed E-state index contributed by atoms with van der Waals surface area (Å²) in [6, 6.07) is 3.64. The van der Waals surface area contributed by atoms with Crippen LogP contribution in [0, 0.1) is 0 Å². The Hall–Kier alpha value is -0.580. The SMILES string of the molecule is NCCc1nc2cc(Br)cc(Cl)c2o1. The summed E-state index contributed by atoms with van der Waals surface area (Å²) < 4.78 is 6.34. The first kappa shape index (κ1) is 9.96. The van der Waals surface area contributed by atoms with E-state index >= 15 is 0 Å². The summed E-state index contributed by atoms with van der Waals surface area (Å²) in [6.45, 7) is 0.519. The predicted molar refractivity (Wildman–Crippen MR) is 59.5 cm³/mol. The van der Waals surface area contributed by atoms with Crippen LogP contribution < -0.4 is 5.73 Å². The van der Waals surface area contributed by atoms with Gasteiger partial charge in [-0.3, -0.25) is 0 Å². The van der Waals surface area contributed by atoms with Gasteiger partial charge in [0.25, 0.3) is 0 Å². The lowest BCUT2D eigenvalue weighted by Crippen LogP contribution is -2.02. The van der Waals surface area contributed by atoms with Crippen molar-refractivity contribution in [2.24, 2.45) is 5.73 Å². The zero-order chi connectivity index (χ0) is 10.1. The molecule has 2 rings (SSSR count). The third kappa shape index (κ3) is 1.78. The monoisotopic (exact) mass is 274 g/mol. The van der Waals surface area contributed by atoms with Crippen LogP contribution in [0.3, 0.4) is 0 Å². The van der Waals surface area contributed by atoms with Crippen molar-refractivity contribution in [1.82, 2.24) is 4.98 Å². The van der Waals surface area contributed by atoms with Gasteiger partial charge in [0.2, 0.25) is 0 Å². The van der Waals surface area contributed by atoms with Gasteiger partial charge >= 0.3 is 0 Å². The molecule has 74 valence electrons. The normalized spacial score (nSPS) is 11.1. The van der Waals surface area contributed by atoms with Crippen molar-refractivity contribution in [1.29, 1.82) is 0 Å². The van der Waals surface area contributed by atoms with E-state index in [2.05, 4.69) is 20.9 Å². The lowest BCUT2D eigenvalue weighted by atomic mass is 10.3. The third-order valence-corrected chi connectivity index (χ3v) is 2.55. The summed E-state index contributed by atoms with van der Waals surface area (Å²) in [5.74, 6) is 0.627. The topological polar surface area (TPSA) is 52.0 Å². The Bertz CT molecular complexity index is 469. The quantitative estimate of drug-likeness (QED) is 0.917. The molecule has 1 heterocycles. The number of nitrogens with zero attached hydrogens (tertiary/aromatic N) is 1. The fraction of sp³-hybridized carbons (Fsp3) is 0.222. The lowest BCUT2D eigenvalue weighted by molar-refractivity contribution is 0.531. The summed E-state index contributed by atoms with van der Waals surface area (Å²) >= 11 is 9.32. The molecule has 0 aliphatic heterocycles. The van der Waals surface area contributed by atoms with Crippen molar-refractivity contribution in [3.05, 3.63) is 27.5 Å². The number of hydrogen-bond donors (Lipinski definition) is 1. The van der Waals surface area contributed by atoms with Crippen molar-refractivity contribution in [3.8, 4) is 0 Å². The molecule has 2 aromatic rings. The van der Waals surface area contributed by atoms with Crippen LogP contribution in [0.2, 0.25) is 5.02 Å². The van der Waals surface area contributed by atoms with Crippen LogP contribution in [0.25, 0.3) is 11.1 Å². The predicted octanol–water partition coefficient (Wildman–Crippen LogP) is 2.74. The van der Waals surface area contributed by atoms with Crippen LogP contribution in [0.4, 0.5) is 0 Å². The third-order valence-electron chi connectivity index (χ3n) is 1.81. The first-order valence-electron chi connectivity index (χ1n) is 4.15. The van der Waals surface area contributed by atoms with E-state index in [4.69, 9.17) is 21.8 Å². The number of nitrogens with two attached hydrogens (primary N) is 1. The van der Waals surface area contributed by atoms with E-state index in [9.17, 15) is 0 Å². The van der Waals surface area contributed by atoms with Crippen molar-refractivity contribution in [3.63, 3.8) is 0 Å². The van der Waals surface area contributed by atoms with Gasteiger partial charge in [-0.25, -0.2) is 4.98 Å². The number of aromatic nitrogens is 1. The number of oxazole rings is 1. The number of fused-ring (bicyclic) bond motifs is 1. The molecule has 0 aliphatic rings. The molecule has 0 aliphatic carbocycles. The van der Waals surface area contributed by atoms with Crippen molar-refractivity contribution >= 4 is 38.6 Å². The molecule has 0 atom stereocenters. The number of rotatable bonds is 2. The zero-order valence-corrected chi connectivity index (χ0v) is 9.60. The second-order valence-corrected chi connectivity index (χ2v) is 4.21. The van der Waals surface area contributed by atoms with Gasteiger partial charge in [0.05, 0.1) is 5.02 Å². The molecule has 2 N–H and O–H groups in total. The summed E-state index contributed by atoms with van der Waals surface area (Å²) in [5, 5.41) is 0.560. The molecule has 0 radical (unpaired) electrons. The largest absolute Gasteiger partial charge is 0.439 e. The molecule has 1 aromatic carbocycles. The summed E-state index contributed by atoms with van der Waals surface area (Å²) in [4.78, 5) is 4.26. The Morgan fingerprint density at radius 2 is 2.29 bits per heavy atom. The molecular weight excluding hydrogens is 267 g/mol. The Morgan fingerprint density at radius 3 is 3.00 bits per heavy atom. The average molecular weight is 276 g/mol. The Balaban J connectivity index is 2.58. The maximum atomic E-state index is 5.98. The second kappa shape index (κ2) is 3.88. The van der Waals surface area contributed by atoms with Crippen LogP contribution >= 0.6 is 27.5 Å². The van der Waals surface area contributed by atoms with Crippen LogP contribution in [-0.4, -0.2) is 11.5 Å². The molecule has 0 amide bonds. The minimum Gasteiger partial charge on any atom is -0.439 e. The van der Waals surface area contributed by atoms with Crippen molar-refractivity contribution in [2.45, 2.75) is 6.42 Å². The number of benzene rings is 1. The molecule has 0 saturated carbocycles. The fourth-order valence-electron chi connectivity index (χ4n) is 1.24. The fourth-order valence-corrected chi connectivity index (χ4v) is 2.07. The first-order valence-corrected chi connectivity index (χ1v) is 5.32. The molecule has 3 nitrogen and oxygen atoms in total. The highest BCUT2D eigenvalue weighted by Gasteiger charge is 2.09. The average Bonchev–Trinajstić information content (AvgIpc) is 2.48. The van der Waals surface area contributed by atoms with Gasteiger partial charge in [0.15, 0.2) is 11.5 Å². The van der Waals surface area contributed by atoms with Gasteiger partial charge in [0, 0.05) is 17.4 Å². The van der Waals surface area contributed by atoms with E-state index in [1.165, 1.54) is 0 Å². The van der Waals surface area contributed by atoms with Crippen LogP contribution in [-0.2, 0) is 6.42 Å². The molecule has 0 unspecified atom stereocenters. The molecule has 14 heavy (non-hydrogen) atoms. The van der Waals surface area contributed by atoms with Gasteiger partial charge in [-0.05, 0) is 12.1 Å². The van der Waals surface area contributed by atoms with Gasteiger partial charge in [-0.2, -0.15) is 0 Å². The minimum atomic E-state index is 0.519. The van der Waals surface area contributed by atoms with Gasteiger partial charge < -0.3 is 10.2 Å². The minimum absolute atomic E-state index is 0.519. The van der Waals surface area contributed by atoms with E-state index in [-0.39, 0.29) is 0 Å².